The van der Waals surface area contributed by atoms with Gasteiger partial charge in [0.1, 0.15) is 10.6 Å². The highest BCUT2D eigenvalue weighted by Gasteiger charge is 2.22. The number of ether oxygens (including phenoxy) is 1. The van der Waals surface area contributed by atoms with Crippen molar-refractivity contribution in [1.82, 2.24) is 14.8 Å². The van der Waals surface area contributed by atoms with E-state index in [2.05, 4.69) is 14.8 Å². The molecule has 0 amide bonds. The SMILES string of the molecule is CCN(CC)CCNS(=O)(=O)c1cc(-c2onc(C)c2C)ccc1OC. The van der Waals surface area contributed by atoms with E-state index in [1.165, 1.54) is 7.11 Å². The molecule has 0 atom stereocenters. The van der Waals surface area contributed by atoms with Crippen LogP contribution in [0.3, 0.4) is 0 Å². The number of sulfonamides is 1. The zero-order valence-electron chi connectivity index (χ0n) is 16.0. The van der Waals surface area contributed by atoms with Crippen molar-refractivity contribution in [2.75, 3.05) is 33.3 Å². The maximum atomic E-state index is 12.8. The molecule has 1 aromatic heterocycles. The Morgan fingerprint density at radius 2 is 1.92 bits per heavy atom. The number of hydrogen-bond donors (Lipinski definition) is 1. The molecule has 0 aliphatic rings. The fourth-order valence-electron chi connectivity index (χ4n) is 2.67. The average Bonchev–Trinajstić information content (AvgIpc) is 2.97. The highest BCUT2D eigenvalue weighted by atomic mass is 32.2. The highest BCUT2D eigenvalue weighted by molar-refractivity contribution is 7.89. The first kappa shape index (κ1) is 20.4. The van der Waals surface area contributed by atoms with E-state index in [-0.39, 0.29) is 10.6 Å². The molecule has 2 rings (SSSR count). The number of rotatable bonds is 9. The van der Waals surface area contributed by atoms with Crippen molar-refractivity contribution in [3.63, 3.8) is 0 Å². The second kappa shape index (κ2) is 8.66. The number of hydrogen-bond acceptors (Lipinski definition) is 6. The molecule has 0 spiro atoms. The Morgan fingerprint density at radius 1 is 1.23 bits per heavy atom. The Labute approximate surface area is 155 Å². The topological polar surface area (TPSA) is 84.7 Å². The molecule has 0 saturated carbocycles. The van der Waals surface area contributed by atoms with Crippen LogP contribution in [0.5, 0.6) is 5.75 Å². The average molecular weight is 381 g/mol. The second-order valence-corrected chi connectivity index (χ2v) is 7.75. The van der Waals surface area contributed by atoms with Crippen molar-refractivity contribution in [2.45, 2.75) is 32.6 Å². The lowest BCUT2D eigenvalue weighted by Crippen LogP contribution is -2.34. The van der Waals surface area contributed by atoms with Gasteiger partial charge in [0, 0.05) is 24.2 Å². The van der Waals surface area contributed by atoms with Crippen LogP contribution in [0.15, 0.2) is 27.6 Å². The Morgan fingerprint density at radius 3 is 2.46 bits per heavy atom. The van der Waals surface area contributed by atoms with Gasteiger partial charge in [-0.3, -0.25) is 0 Å². The van der Waals surface area contributed by atoms with Gasteiger partial charge >= 0.3 is 0 Å². The van der Waals surface area contributed by atoms with Gasteiger partial charge in [-0.05, 0) is 45.1 Å². The van der Waals surface area contributed by atoms with Crippen molar-refractivity contribution in [3.8, 4) is 17.1 Å². The lowest BCUT2D eigenvalue weighted by Gasteiger charge is -2.18. The van der Waals surface area contributed by atoms with Crippen LogP contribution in [-0.2, 0) is 10.0 Å². The van der Waals surface area contributed by atoms with E-state index in [0.29, 0.717) is 24.4 Å². The molecular formula is C18H27N3O4S. The third-order valence-corrected chi connectivity index (χ3v) is 5.97. The van der Waals surface area contributed by atoms with E-state index < -0.39 is 10.0 Å². The fourth-order valence-corrected chi connectivity index (χ4v) is 3.88. The van der Waals surface area contributed by atoms with Crippen molar-refractivity contribution < 1.29 is 17.7 Å². The number of nitrogens with zero attached hydrogens (tertiary/aromatic N) is 2. The fraction of sp³-hybridized carbons (Fsp3) is 0.500. The number of benzene rings is 1. The molecule has 0 radical (unpaired) electrons. The molecule has 144 valence electrons. The van der Waals surface area contributed by atoms with Crippen LogP contribution >= 0.6 is 0 Å². The quantitative estimate of drug-likeness (QED) is 0.719. The van der Waals surface area contributed by atoms with Gasteiger partial charge in [-0.25, -0.2) is 13.1 Å². The summed E-state index contributed by atoms with van der Waals surface area (Å²) in [5.41, 5.74) is 2.30. The van der Waals surface area contributed by atoms with E-state index in [9.17, 15) is 8.42 Å². The number of aryl methyl sites for hydroxylation is 1. The number of likely N-dealkylation sites (N-methyl/N-ethyl adjacent to an activating group) is 1. The predicted molar refractivity (Wildman–Crippen MR) is 101 cm³/mol. The van der Waals surface area contributed by atoms with Gasteiger partial charge in [-0.1, -0.05) is 19.0 Å². The van der Waals surface area contributed by atoms with Gasteiger partial charge in [0.25, 0.3) is 0 Å². The van der Waals surface area contributed by atoms with Gasteiger partial charge in [0.15, 0.2) is 5.76 Å². The van der Waals surface area contributed by atoms with Crippen molar-refractivity contribution in [1.29, 1.82) is 0 Å². The molecular weight excluding hydrogens is 354 g/mol. The second-order valence-electron chi connectivity index (χ2n) is 6.01. The Hall–Kier alpha value is -1.90. The molecule has 2 aromatic rings. The molecule has 0 aliphatic carbocycles. The largest absolute Gasteiger partial charge is 0.495 e. The Balaban J connectivity index is 2.31. The molecule has 8 heteroatoms. The highest BCUT2D eigenvalue weighted by Crippen LogP contribution is 2.32. The lowest BCUT2D eigenvalue weighted by atomic mass is 10.1. The van der Waals surface area contributed by atoms with Crippen LogP contribution in [-0.4, -0.2) is 51.8 Å². The number of aromatic nitrogens is 1. The number of nitrogens with one attached hydrogen (secondary N) is 1. The number of methoxy groups -OCH3 is 1. The molecule has 1 aromatic carbocycles. The molecule has 0 aliphatic heterocycles. The van der Waals surface area contributed by atoms with Gasteiger partial charge in [-0.2, -0.15) is 0 Å². The van der Waals surface area contributed by atoms with Crippen LogP contribution in [0.1, 0.15) is 25.1 Å². The Kier molecular flexibility index (Phi) is 6.80. The molecule has 26 heavy (non-hydrogen) atoms. The molecule has 0 saturated heterocycles. The van der Waals surface area contributed by atoms with Crippen LogP contribution in [0.2, 0.25) is 0 Å². The summed E-state index contributed by atoms with van der Waals surface area (Å²) in [6, 6.07) is 4.96. The first-order chi connectivity index (χ1) is 12.3. The van der Waals surface area contributed by atoms with Crippen LogP contribution in [0.4, 0.5) is 0 Å². The summed E-state index contributed by atoms with van der Waals surface area (Å²) in [6.07, 6.45) is 0. The van der Waals surface area contributed by atoms with Crippen molar-refractivity contribution in [2.24, 2.45) is 0 Å². The summed E-state index contributed by atoms with van der Waals surface area (Å²) in [5, 5.41) is 3.94. The molecule has 1 N–H and O–H groups in total. The zero-order chi connectivity index (χ0) is 19.3. The van der Waals surface area contributed by atoms with E-state index in [1.54, 1.807) is 18.2 Å². The van der Waals surface area contributed by atoms with Crippen molar-refractivity contribution >= 4 is 10.0 Å². The molecule has 0 bridgehead atoms. The monoisotopic (exact) mass is 381 g/mol. The third-order valence-electron chi connectivity index (χ3n) is 4.49. The predicted octanol–water partition coefficient (Wildman–Crippen LogP) is 2.59. The lowest BCUT2D eigenvalue weighted by molar-refractivity contribution is 0.309. The van der Waals surface area contributed by atoms with Gasteiger partial charge < -0.3 is 14.2 Å². The van der Waals surface area contributed by atoms with Gasteiger partial charge in [0.2, 0.25) is 10.0 Å². The third kappa shape index (κ3) is 4.44. The first-order valence-electron chi connectivity index (χ1n) is 8.67. The molecule has 0 fully saturated rings. The standard InChI is InChI=1S/C18H27N3O4S/c1-6-21(7-2)11-10-19-26(22,23)17-12-15(8-9-16(17)24-5)18-13(3)14(4)20-25-18/h8-9,12,19H,6-7,10-11H2,1-5H3. The van der Waals surface area contributed by atoms with E-state index in [1.807, 2.05) is 27.7 Å². The minimum atomic E-state index is -3.72. The van der Waals surface area contributed by atoms with Crippen molar-refractivity contribution in [3.05, 3.63) is 29.5 Å². The van der Waals surface area contributed by atoms with E-state index >= 15 is 0 Å². The Bertz CT molecular complexity index is 842. The maximum Gasteiger partial charge on any atom is 0.244 e. The molecule has 7 nitrogen and oxygen atoms in total. The smallest absolute Gasteiger partial charge is 0.244 e. The summed E-state index contributed by atoms with van der Waals surface area (Å²) >= 11 is 0. The zero-order valence-corrected chi connectivity index (χ0v) is 16.8. The van der Waals surface area contributed by atoms with Crippen LogP contribution < -0.4 is 9.46 Å². The van der Waals surface area contributed by atoms with Crippen LogP contribution in [0, 0.1) is 13.8 Å². The summed E-state index contributed by atoms with van der Waals surface area (Å²) in [6.45, 7) is 10.6. The van der Waals surface area contributed by atoms with Gasteiger partial charge in [-0.15, -0.1) is 0 Å². The van der Waals surface area contributed by atoms with E-state index in [0.717, 1.165) is 24.3 Å². The molecule has 1 heterocycles. The summed E-state index contributed by atoms with van der Waals surface area (Å²) in [7, 11) is -2.26. The normalized spacial score (nSPS) is 11.9. The van der Waals surface area contributed by atoms with Crippen LogP contribution in [0.25, 0.3) is 11.3 Å². The summed E-state index contributed by atoms with van der Waals surface area (Å²) in [5.74, 6) is 0.850. The van der Waals surface area contributed by atoms with Gasteiger partial charge in [0.05, 0.1) is 12.8 Å². The minimum absolute atomic E-state index is 0.0884. The summed E-state index contributed by atoms with van der Waals surface area (Å²) in [4.78, 5) is 2.24. The maximum absolute atomic E-state index is 12.8. The summed E-state index contributed by atoms with van der Waals surface area (Å²) < 4.78 is 38.8. The van der Waals surface area contributed by atoms with E-state index in [4.69, 9.17) is 9.26 Å². The first-order valence-corrected chi connectivity index (χ1v) is 10.2. The minimum Gasteiger partial charge on any atom is -0.495 e. The molecule has 0 unspecified atom stereocenters.